The number of aromatic nitrogens is 1. The van der Waals surface area contributed by atoms with Crippen molar-refractivity contribution in [3.05, 3.63) is 46.4 Å². The maximum atomic E-state index is 12.5. The molecule has 0 aliphatic heterocycles. The van der Waals surface area contributed by atoms with Crippen molar-refractivity contribution in [2.24, 2.45) is 0 Å². The Kier molecular flexibility index (Phi) is 5.86. The first-order valence-corrected chi connectivity index (χ1v) is 9.61. The summed E-state index contributed by atoms with van der Waals surface area (Å²) in [5, 5.41) is 4.49. The Bertz CT molecular complexity index is 758. The van der Waals surface area contributed by atoms with Crippen LogP contribution in [0.4, 0.5) is 0 Å². The number of nitrogens with zero attached hydrogens (tertiary/aromatic N) is 1. The number of hydrogen-bond acceptors (Lipinski definition) is 5. The molecular weight excluding hydrogens is 334 g/mol. The average molecular weight is 353 g/mol. The lowest BCUT2D eigenvalue weighted by molar-refractivity contribution is -0.122. The van der Waals surface area contributed by atoms with E-state index < -0.39 is 22.0 Å². The summed E-state index contributed by atoms with van der Waals surface area (Å²) in [6.45, 7) is 3.68. The van der Waals surface area contributed by atoms with Crippen molar-refractivity contribution < 1.29 is 13.2 Å². The highest BCUT2D eigenvalue weighted by Crippen LogP contribution is 2.16. The Balaban J connectivity index is 2.03. The molecule has 1 aromatic heterocycles. The van der Waals surface area contributed by atoms with Crippen molar-refractivity contribution in [1.82, 2.24) is 15.0 Å². The van der Waals surface area contributed by atoms with Gasteiger partial charge in [-0.3, -0.25) is 4.79 Å². The summed E-state index contributed by atoms with van der Waals surface area (Å²) in [5.74, 6) is -0.393. The average Bonchev–Trinajstić information content (AvgIpc) is 3.05. The Labute approximate surface area is 140 Å². The van der Waals surface area contributed by atoms with Crippen LogP contribution in [0.3, 0.4) is 0 Å². The van der Waals surface area contributed by atoms with Gasteiger partial charge in [0.15, 0.2) is 0 Å². The molecule has 8 heteroatoms. The molecule has 124 valence electrons. The molecule has 0 saturated carbocycles. The van der Waals surface area contributed by atoms with Gasteiger partial charge in [0.2, 0.25) is 15.9 Å². The van der Waals surface area contributed by atoms with Gasteiger partial charge in [-0.05, 0) is 25.0 Å². The van der Waals surface area contributed by atoms with Crippen molar-refractivity contribution in [2.75, 3.05) is 0 Å². The number of rotatable bonds is 7. The molecule has 1 atom stereocenters. The second kappa shape index (κ2) is 7.67. The summed E-state index contributed by atoms with van der Waals surface area (Å²) < 4.78 is 27.3. The molecular formula is C15H19N3O3S2. The van der Waals surface area contributed by atoms with Crippen LogP contribution in [0.2, 0.25) is 0 Å². The number of thiazole rings is 1. The monoisotopic (exact) mass is 353 g/mol. The number of amides is 1. The number of nitrogens with one attached hydrogen (secondary N) is 2. The molecule has 1 amide bonds. The summed E-state index contributed by atoms with van der Waals surface area (Å²) in [5.41, 5.74) is 3.14. The van der Waals surface area contributed by atoms with Crippen molar-refractivity contribution in [1.29, 1.82) is 0 Å². The van der Waals surface area contributed by atoms with Gasteiger partial charge in [0.25, 0.3) is 0 Å². The zero-order chi connectivity index (χ0) is 16.9. The quantitative estimate of drug-likeness (QED) is 0.793. The van der Waals surface area contributed by atoms with Crippen molar-refractivity contribution >= 4 is 27.3 Å². The van der Waals surface area contributed by atoms with Gasteiger partial charge in [0.05, 0.1) is 28.7 Å². The number of aryl methyl sites for hydroxylation is 1. The predicted octanol–water partition coefficient (Wildman–Crippen LogP) is 1.69. The lowest BCUT2D eigenvalue weighted by atomic mass is 10.2. The number of benzene rings is 1. The van der Waals surface area contributed by atoms with E-state index >= 15 is 0 Å². The van der Waals surface area contributed by atoms with Gasteiger partial charge in [-0.1, -0.05) is 25.1 Å². The van der Waals surface area contributed by atoms with Crippen LogP contribution in [0.25, 0.3) is 0 Å². The second-order valence-corrected chi connectivity index (χ2v) is 7.40. The van der Waals surface area contributed by atoms with E-state index in [1.807, 2.05) is 12.3 Å². The third-order valence-electron chi connectivity index (χ3n) is 3.30. The lowest BCUT2D eigenvalue weighted by Crippen LogP contribution is -2.44. The van der Waals surface area contributed by atoms with E-state index in [0.29, 0.717) is 6.42 Å². The van der Waals surface area contributed by atoms with Crippen LogP contribution in [0.5, 0.6) is 0 Å². The first-order valence-electron chi connectivity index (χ1n) is 7.19. The molecule has 2 N–H and O–H groups in total. The molecule has 0 fully saturated rings. The van der Waals surface area contributed by atoms with Crippen LogP contribution in [0, 0.1) is 0 Å². The van der Waals surface area contributed by atoms with Crippen molar-refractivity contribution in [3.8, 4) is 0 Å². The number of carbonyl (C=O) groups excluding carboxylic acids is 1. The summed E-state index contributed by atoms with van der Waals surface area (Å²) >= 11 is 1.44. The fourth-order valence-corrected chi connectivity index (χ4v) is 4.14. The highest BCUT2D eigenvalue weighted by molar-refractivity contribution is 7.89. The Morgan fingerprint density at radius 1 is 1.35 bits per heavy atom. The molecule has 1 aromatic carbocycles. The summed E-state index contributed by atoms with van der Waals surface area (Å²) in [7, 11) is -3.74. The van der Waals surface area contributed by atoms with Gasteiger partial charge < -0.3 is 5.32 Å². The van der Waals surface area contributed by atoms with E-state index in [4.69, 9.17) is 0 Å². The maximum absolute atomic E-state index is 12.5. The molecule has 0 aliphatic rings. The van der Waals surface area contributed by atoms with E-state index in [1.165, 1.54) is 18.3 Å². The summed E-state index contributed by atoms with van der Waals surface area (Å²) in [6.07, 6.45) is 0.599. The largest absolute Gasteiger partial charge is 0.349 e. The van der Waals surface area contributed by atoms with Gasteiger partial charge in [0, 0.05) is 5.38 Å². The minimum Gasteiger partial charge on any atom is -0.349 e. The standard InChI is InChI=1S/C15H19N3O3S2/c1-3-12-6-4-5-7-14(12)23(20,21)18-11(2)15(19)16-8-13-9-22-10-17-13/h4-7,9-11,18H,3,8H2,1-2H3,(H,16,19)/t11-/m0/s1. The third-order valence-corrected chi connectivity index (χ3v) is 5.57. The molecule has 1 heterocycles. The molecule has 0 spiro atoms. The van der Waals surface area contributed by atoms with Gasteiger partial charge >= 0.3 is 0 Å². The number of hydrogen-bond donors (Lipinski definition) is 2. The zero-order valence-corrected chi connectivity index (χ0v) is 14.6. The van der Waals surface area contributed by atoms with Crippen LogP contribution in [0.1, 0.15) is 25.1 Å². The van der Waals surface area contributed by atoms with Crippen LogP contribution in [-0.2, 0) is 27.8 Å². The van der Waals surface area contributed by atoms with Crippen LogP contribution in [0.15, 0.2) is 40.1 Å². The highest BCUT2D eigenvalue weighted by Gasteiger charge is 2.23. The fourth-order valence-electron chi connectivity index (χ4n) is 2.06. The minimum atomic E-state index is -3.74. The van der Waals surface area contributed by atoms with Crippen LogP contribution in [-0.4, -0.2) is 25.4 Å². The molecule has 2 rings (SSSR count). The molecule has 0 saturated heterocycles. The summed E-state index contributed by atoms with van der Waals surface area (Å²) in [6, 6.07) is 5.90. The Hall–Kier alpha value is -1.77. The third kappa shape index (κ3) is 4.60. The van der Waals surface area contributed by atoms with E-state index in [2.05, 4.69) is 15.0 Å². The predicted molar refractivity (Wildman–Crippen MR) is 89.6 cm³/mol. The Morgan fingerprint density at radius 3 is 2.74 bits per heavy atom. The van der Waals surface area contributed by atoms with Gasteiger partial charge in [-0.2, -0.15) is 4.72 Å². The smallest absolute Gasteiger partial charge is 0.241 e. The van der Waals surface area contributed by atoms with E-state index in [-0.39, 0.29) is 11.4 Å². The topological polar surface area (TPSA) is 88.2 Å². The second-order valence-electron chi connectivity index (χ2n) is 5.00. The molecule has 2 aromatic rings. The van der Waals surface area contributed by atoms with E-state index in [9.17, 15) is 13.2 Å². The van der Waals surface area contributed by atoms with Gasteiger partial charge in [-0.25, -0.2) is 13.4 Å². The normalized spacial score (nSPS) is 12.8. The lowest BCUT2D eigenvalue weighted by Gasteiger charge is -2.15. The number of sulfonamides is 1. The number of carbonyl (C=O) groups is 1. The van der Waals surface area contributed by atoms with E-state index in [0.717, 1.165) is 11.3 Å². The highest BCUT2D eigenvalue weighted by atomic mass is 32.2. The SMILES string of the molecule is CCc1ccccc1S(=O)(=O)N[C@@H](C)C(=O)NCc1cscn1. The first kappa shape index (κ1) is 17.6. The van der Waals surface area contributed by atoms with Gasteiger partial charge in [-0.15, -0.1) is 11.3 Å². The molecule has 6 nitrogen and oxygen atoms in total. The molecule has 0 unspecified atom stereocenters. The van der Waals surface area contributed by atoms with Crippen molar-refractivity contribution in [3.63, 3.8) is 0 Å². The summed E-state index contributed by atoms with van der Waals surface area (Å²) in [4.78, 5) is 16.3. The molecule has 0 aliphatic carbocycles. The zero-order valence-electron chi connectivity index (χ0n) is 12.9. The van der Waals surface area contributed by atoms with Crippen LogP contribution < -0.4 is 10.0 Å². The molecule has 23 heavy (non-hydrogen) atoms. The maximum Gasteiger partial charge on any atom is 0.241 e. The fraction of sp³-hybridized carbons (Fsp3) is 0.333. The Morgan fingerprint density at radius 2 is 2.09 bits per heavy atom. The van der Waals surface area contributed by atoms with Crippen molar-refractivity contribution in [2.45, 2.75) is 37.8 Å². The molecule has 0 radical (unpaired) electrons. The van der Waals surface area contributed by atoms with Gasteiger partial charge in [0.1, 0.15) is 0 Å². The molecule has 0 bridgehead atoms. The van der Waals surface area contributed by atoms with Crippen LogP contribution >= 0.6 is 11.3 Å². The minimum absolute atomic E-state index is 0.210. The first-order chi connectivity index (χ1) is 10.9. The van der Waals surface area contributed by atoms with E-state index in [1.54, 1.807) is 29.8 Å².